The molecular weight excluding hydrogens is 346 g/mol. The van der Waals surface area contributed by atoms with E-state index in [1.165, 1.54) is 12.0 Å². The molecule has 7 heteroatoms. The molecule has 0 bridgehead atoms. The quantitative estimate of drug-likeness (QED) is 0.828. The highest BCUT2D eigenvalue weighted by Gasteiger charge is 2.45. The second-order valence-electron chi connectivity index (χ2n) is 7.52. The second kappa shape index (κ2) is 8.08. The van der Waals surface area contributed by atoms with E-state index in [-0.39, 0.29) is 36.2 Å². The molecule has 1 heterocycles. The lowest BCUT2D eigenvalue weighted by molar-refractivity contribution is -0.138. The van der Waals surface area contributed by atoms with Crippen molar-refractivity contribution in [3.8, 4) is 0 Å². The number of ether oxygens (including phenoxy) is 1. The van der Waals surface area contributed by atoms with Crippen molar-refractivity contribution < 1.29 is 19.1 Å². The van der Waals surface area contributed by atoms with Gasteiger partial charge in [-0.25, -0.2) is 4.79 Å². The zero-order valence-electron chi connectivity index (χ0n) is 16.1. The zero-order chi connectivity index (χ0) is 19.6. The molecule has 3 atom stereocenters. The van der Waals surface area contributed by atoms with Gasteiger partial charge in [0.15, 0.2) is 0 Å². The lowest BCUT2D eigenvalue weighted by Crippen LogP contribution is -2.62. The highest BCUT2D eigenvalue weighted by molar-refractivity contribution is 5.99. The molecular formula is C20H27N3O4. The molecule has 0 radical (unpaired) electrons. The summed E-state index contributed by atoms with van der Waals surface area (Å²) in [5, 5.41) is 5.89. The van der Waals surface area contributed by atoms with Crippen molar-refractivity contribution in [2.75, 3.05) is 25.6 Å². The van der Waals surface area contributed by atoms with E-state index in [4.69, 9.17) is 4.74 Å². The van der Waals surface area contributed by atoms with Crippen LogP contribution in [-0.2, 0) is 14.3 Å². The summed E-state index contributed by atoms with van der Waals surface area (Å²) in [6, 6.07) is 5.26. The van der Waals surface area contributed by atoms with Gasteiger partial charge in [-0.1, -0.05) is 6.07 Å². The van der Waals surface area contributed by atoms with Crippen LogP contribution in [0.5, 0.6) is 0 Å². The van der Waals surface area contributed by atoms with Gasteiger partial charge in [-0.05, 0) is 56.4 Å². The number of nitrogens with one attached hydrogen (secondary N) is 2. The Hall–Kier alpha value is -2.41. The number of carbonyl (C=O) groups excluding carboxylic acids is 3. The van der Waals surface area contributed by atoms with E-state index in [0.29, 0.717) is 25.9 Å². The molecule has 1 aliphatic heterocycles. The van der Waals surface area contributed by atoms with Crippen LogP contribution in [0.4, 0.5) is 10.5 Å². The van der Waals surface area contributed by atoms with E-state index in [2.05, 4.69) is 16.7 Å². The van der Waals surface area contributed by atoms with Crippen LogP contribution in [0.3, 0.4) is 0 Å². The van der Waals surface area contributed by atoms with Crippen LogP contribution in [0.2, 0.25) is 0 Å². The van der Waals surface area contributed by atoms with Crippen LogP contribution in [0.25, 0.3) is 0 Å². The van der Waals surface area contributed by atoms with E-state index in [9.17, 15) is 14.4 Å². The molecule has 7 nitrogen and oxygen atoms in total. The first-order valence-electron chi connectivity index (χ1n) is 9.39. The summed E-state index contributed by atoms with van der Waals surface area (Å²) in [6.07, 6.45) is 1.71. The maximum Gasteiger partial charge on any atom is 0.324 e. The Morgan fingerprint density at radius 3 is 2.59 bits per heavy atom. The van der Waals surface area contributed by atoms with Gasteiger partial charge in [-0.3, -0.25) is 14.5 Å². The first kappa shape index (κ1) is 19.4. The fraction of sp³-hybridized carbons (Fsp3) is 0.550. The number of hydrogen-bond donors (Lipinski definition) is 2. The van der Waals surface area contributed by atoms with Gasteiger partial charge >= 0.3 is 6.03 Å². The molecule has 2 aliphatic rings. The van der Waals surface area contributed by atoms with Crippen molar-refractivity contribution in [1.29, 1.82) is 0 Å². The van der Waals surface area contributed by atoms with E-state index < -0.39 is 6.03 Å². The first-order chi connectivity index (χ1) is 12.9. The van der Waals surface area contributed by atoms with Crippen LogP contribution >= 0.6 is 0 Å². The molecule has 3 unspecified atom stereocenters. The minimum Gasteiger partial charge on any atom is -0.383 e. The first-order valence-corrected chi connectivity index (χ1v) is 9.39. The Balaban J connectivity index is 1.63. The third-order valence-electron chi connectivity index (χ3n) is 5.37. The van der Waals surface area contributed by atoms with Crippen molar-refractivity contribution in [2.24, 2.45) is 11.8 Å². The Kier molecular flexibility index (Phi) is 5.79. The summed E-state index contributed by atoms with van der Waals surface area (Å²) >= 11 is 0. The SMILES string of the molecule is COCCN1C(=O)NC2CC(C(=O)Nc3cc(C)cc(C)c3)CCC2C1=O. The number of rotatable bonds is 5. The number of methoxy groups -OCH3 is 1. The van der Waals surface area contributed by atoms with Crippen LogP contribution < -0.4 is 10.6 Å². The summed E-state index contributed by atoms with van der Waals surface area (Å²) in [5.41, 5.74) is 2.97. The Bertz CT molecular complexity index is 728. The third-order valence-corrected chi connectivity index (χ3v) is 5.37. The highest BCUT2D eigenvalue weighted by atomic mass is 16.5. The van der Waals surface area contributed by atoms with Crippen molar-refractivity contribution in [3.63, 3.8) is 0 Å². The molecule has 4 amide bonds. The lowest BCUT2D eigenvalue weighted by atomic mass is 9.76. The molecule has 0 aromatic heterocycles. The number of aryl methyl sites for hydroxylation is 2. The smallest absolute Gasteiger partial charge is 0.324 e. The number of carbonyl (C=O) groups is 3. The number of nitrogens with zero attached hydrogens (tertiary/aromatic N) is 1. The Morgan fingerprint density at radius 1 is 1.22 bits per heavy atom. The summed E-state index contributed by atoms with van der Waals surface area (Å²) in [4.78, 5) is 38.8. The van der Waals surface area contributed by atoms with Gasteiger partial charge in [0.1, 0.15) is 0 Å². The average molecular weight is 373 g/mol. The predicted octanol–water partition coefficient (Wildman–Crippen LogP) is 2.23. The Labute approximate surface area is 159 Å². The second-order valence-corrected chi connectivity index (χ2v) is 7.52. The molecule has 27 heavy (non-hydrogen) atoms. The van der Waals surface area contributed by atoms with Crippen LogP contribution in [0, 0.1) is 25.7 Å². The van der Waals surface area contributed by atoms with Crippen molar-refractivity contribution >= 4 is 23.5 Å². The molecule has 3 rings (SSSR count). The van der Waals surface area contributed by atoms with Gasteiger partial charge < -0.3 is 15.4 Å². The molecule has 146 valence electrons. The topological polar surface area (TPSA) is 87.7 Å². The highest BCUT2D eigenvalue weighted by Crippen LogP contribution is 2.33. The van der Waals surface area contributed by atoms with Crippen LogP contribution in [0.15, 0.2) is 18.2 Å². The van der Waals surface area contributed by atoms with Gasteiger partial charge in [-0.15, -0.1) is 0 Å². The fourth-order valence-corrected chi connectivity index (χ4v) is 4.09. The number of urea groups is 1. The van der Waals surface area contributed by atoms with E-state index >= 15 is 0 Å². The number of hydrogen-bond acceptors (Lipinski definition) is 4. The fourth-order valence-electron chi connectivity index (χ4n) is 4.09. The van der Waals surface area contributed by atoms with Crippen molar-refractivity contribution in [3.05, 3.63) is 29.3 Å². The Morgan fingerprint density at radius 2 is 1.93 bits per heavy atom. The zero-order valence-corrected chi connectivity index (χ0v) is 16.1. The normalized spacial score (nSPS) is 25.0. The van der Waals surface area contributed by atoms with Crippen LogP contribution in [0.1, 0.15) is 30.4 Å². The number of fused-ring (bicyclic) bond motifs is 1. The van der Waals surface area contributed by atoms with Crippen molar-refractivity contribution in [2.45, 2.75) is 39.2 Å². The number of anilines is 1. The molecule has 2 fully saturated rings. The maximum absolute atomic E-state index is 12.7. The van der Waals surface area contributed by atoms with E-state index in [1.54, 1.807) is 0 Å². The lowest BCUT2D eigenvalue weighted by Gasteiger charge is -2.41. The molecule has 1 aromatic carbocycles. The molecule has 0 spiro atoms. The van der Waals surface area contributed by atoms with Gasteiger partial charge in [0, 0.05) is 24.8 Å². The molecule has 1 aliphatic carbocycles. The summed E-state index contributed by atoms with van der Waals surface area (Å²) < 4.78 is 4.97. The van der Waals surface area contributed by atoms with Crippen LogP contribution in [-0.4, -0.2) is 49.0 Å². The molecule has 2 N–H and O–H groups in total. The minimum atomic E-state index is -0.395. The van der Waals surface area contributed by atoms with Crippen molar-refractivity contribution in [1.82, 2.24) is 10.2 Å². The van der Waals surface area contributed by atoms with E-state index in [0.717, 1.165) is 16.8 Å². The maximum atomic E-state index is 12.7. The average Bonchev–Trinajstić information content (AvgIpc) is 2.60. The largest absolute Gasteiger partial charge is 0.383 e. The standard InChI is InChI=1S/C20H27N3O4/c1-12-8-13(2)10-15(9-12)21-18(24)14-4-5-16-17(11-14)22-20(26)23(19(16)25)6-7-27-3/h8-10,14,16-17H,4-7,11H2,1-3H3,(H,21,24)(H,22,26). The van der Waals surface area contributed by atoms with E-state index in [1.807, 2.05) is 26.0 Å². The summed E-state index contributed by atoms with van der Waals surface area (Å²) in [5.74, 6) is -0.688. The summed E-state index contributed by atoms with van der Waals surface area (Å²) in [7, 11) is 1.54. The monoisotopic (exact) mass is 373 g/mol. The molecule has 1 aromatic rings. The van der Waals surface area contributed by atoms with Gasteiger partial charge in [0.25, 0.3) is 0 Å². The molecule has 1 saturated heterocycles. The predicted molar refractivity (Wildman–Crippen MR) is 101 cm³/mol. The minimum absolute atomic E-state index is 0.0537. The van der Waals surface area contributed by atoms with Gasteiger partial charge in [-0.2, -0.15) is 0 Å². The molecule has 1 saturated carbocycles. The number of amides is 4. The van der Waals surface area contributed by atoms with Gasteiger partial charge in [0.2, 0.25) is 11.8 Å². The third kappa shape index (κ3) is 4.30. The summed E-state index contributed by atoms with van der Waals surface area (Å²) in [6.45, 7) is 4.55. The number of benzene rings is 1. The van der Waals surface area contributed by atoms with Gasteiger partial charge in [0.05, 0.1) is 19.1 Å². The number of imide groups is 1.